The first-order valence-corrected chi connectivity index (χ1v) is 9.92. The molecule has 0 saturated carbocycles. The number of nitrogen functional groups attached to an aromatic ring is 1. The average Bonchev–Trinajstić information content (AvgIpc) is 2.59. The summed E-state index contributed by atoms with van der Waals surface area (Å²) in [5.74, 6) is 0.416. The predicted octanol–water partition coefficient (Wildman–Crippen LogP) is 6.49. The Bertz CT molecular complexity index is 462. The highest BCUT2D eigenvalue weighted by molar-refractivity contribution is 5.64. The van der Waals surface area contributed by atoms with E-state index in [0.717, 1.165) is 12.8 Å². The summed E-state index contributed by atoms with van der Waals surface area (Å²) in [7, 11) is 0. The van der Waals surface area contributed by atoms with Crippen molar-refractivity contribution in [2.45, 2.75) is 84.0 Å². The van der Waals surface area contributed by atoms with Gasteiger partial charge in [-0.15, -0.1) is 0 Å². The molecule has 4 nitrogen and oxygen atoms in total. The first-order valence-electron chi connectivity index (χ1n) is 9.92. The monoisotopic (exact) mass is 349 g/mol. The van der Waals surface area contributed by atoms with Crippen LogP contribution in [0.4, 0.5) is 10.5 Å². The smallest absolute Gasteiger partial charge is 0.434 e. The van der Waals surface area contributed by atoms with E-state index < -0.39 is 6.16 Å². The topological polar surface area (TPSA) is 61.5 Å². The second-order valence-electron chi connectivity index (χ2n) is 6.66. The molecule has 1 aromatic rings. The van der Waals surface area contributed by atoms with Crippen LogP contribution in [0, 0.1) is 0 Å². The van der Waals surface area contributed by atoms with E-state index in [1.54, 1.807) is 24.3 Å². The van der Waals surface area contributed by atoms with E-state index in [-0.39, 0.29) is 0 Å². The molecule has 1 aromatic carbocycles. The SMILES string of the molecule is CCCCCCCCCCCCCCOC(=O)Oc1cccc(N)c1. The fourth-order valence-electron chi connectivity index (χ4n) is 2.80. The van der Waals surface area contributed by atoms with Crippen molar-refractivity contribution < 1.29 is 14.3 Å². The Labute approximate surface area is 153 Å². The number of anilines is 1. The molecule has 0 spiro atoms. The second-order valence-corrected chi connectivity index (χ2v) is 6.66. The van der Waals surface area contributed by atoms with Crippen molar-refractivity contribution in [3.63, 3.8) is 0 Å². The van der Waals surface area contributed by atoms with Crippen molar-refractivity contribution in [2.24, 2.45) is 0 Å². The lowest BCUT2D eigenvalue weighted by Gasteiger charge is -2.06. The Morgan fingerprint density at radius 2 is 1.44 bits per heavy atom. The molecule has 0 fully saturated rings. The molecule has 0 radical (unpaired) electrons. The zero-order valence-corrected chi connectivity index (χ0v) is 15.8. The molecule has 0 aliphatic heterocycles. The fourth-order valence-corrected chi connectivity index (χ4v) is 2.80. The number of hydrogen-bond acceptors (Lipinski definition) is 4. The molecule has 25 heavy (non-hydrogen) atoms. The van der Waals surface area contributed by atoms with E-state index in [1.165, 1.54) is 64.2 Å². The maximum absolute atomic E-state index is 11.5. The zero-order chi connectivity index (χ0) is 18.2. The van der Waals surface area contributed by atoms with Gasteiger partial charge in [0.25, 0.3) is 0 Å². The van der Waals surface area contributed by atoms with Gasteiger partial charge >= 0.3 is 6.16 Å². The number of rotatable bonds is 14. The molecule has 0 atom stereocenters. The summed E-state index contributed by atoms with van der Waals surface area (Å²) in [5.41, 5.74) is 6.19. The van der Waals surface area contributed by atoms with Crippen LogP contribution in [0.5, 0.6) is 5.75 Å². The molecular formula is C21H35NO3. The Kier molecular flexibility index (Phi) is 12.5. The van der Waals surface area contributed by atoms with E-state index >= 15 is 0 Å². The van der Waals surface area contributed by atoms with Gasteiger partial charge in [0.15, 0.2) is 0 Å². The van der Waals surface area contributed by atoms with Gasteiger partial charge in [-0.05, 0) is 18.6 Å². The summed E-state index contributed by atoms with van der Waals surface area (Å²) >= 11 is 0. The minimum Gasteiger partial charge on any atom is -0.434 e. The normalized spacial score (nSPS) is 10.6. The van der Waals surface area contributed by atoms with Crippen LogP contribution < -0.4 is 10.5 Å². The fraction of sp³-hybridized carbons (Fsp3) is 0.667. The quantitative estimate of drug-likeness (QED) is 0.180. The Hall–Kier alpha value is -1.71. The molecular weight excluding hydrogens is 314 g/mol. The van der Waals surface area contributed by atoms with Crippen molar-refractivity contribution >= 4 is 11.8 Å². The summed E-state index contributed by atoms with van der Waals surface area (Å²) in [6.07, 6.45) is 14.8. The highest BCUT2D eigenvalue weighted by Gasteiger charge is 2.05. The number of carbonyl (C=O) groups excluding carboxylic acids is 1. The van der Waals surface area contributed by atoms with Crippen LogP contribution in [0.2, 0.25) is 0 Å². The van der Waals surface area contributed by atoms with Crippen LogP contribution >= 0.6 is 0 Å². The minimum atomic E-state index is -0.659. The van der Waals surface area contributed by atoms with E-state index in [4.69, 9.17) is 15.2 Å². The van der Waals surface area contributed by atoms with Crippen molar-refractivity contribution in [3.05, 3.63) is 24.3 Å². The van der Waals surface area contributed by atoms with E-state index in [9.17, 15) is 4.79 Å². The summed E-state index contributed by atoms with van der Waals surface area (Å²) in [6, 6.07) is 6.76. The third-order valence-corrected chi connectivity index (χ3v) is 4.28. The van der Waals surface area contributed by atoms with Crippen LogP contribution in [0.25, 0.3) is 0 Å². The number of nitrogens with two attached hydrogens (primary N) is 1. The van der Waals surface area contributed by atoms with Gasteiger partial charge in [0, 0.05) is 11.8 Å². The van der Waals surface area contributed by atoms with E-state index in [0.29, 0.717) is 18.0 Å². The number of carbonyl (C=O) groups is 1. The number of benzene rings is 1. The largest absolute Gasteiger partial charge is 0.513 e. The van der Waals surface area contributed by atoms with Crippen molar-refractivity contribution in [1.82, 2.24) is 0 Å². The van der Waals surface area contributed by atoms with Crippen LogP contribution in [0.1, 0.15) is 84.0 Å². The third kappa shape index (κ3) is 12.3. The van der Waals surface area contributed by atoms with Crippen molar-refractivity contribution in [1.29, 1.82) is 0 Å². The Morgan fingerprint density at radius 1 is 0.880 bits per heavy atom. The molecule has 0 aliphatic rings. The molecule has 0 amide bonds. The molecule has 1 rings (SSSR count). The highest BCUT2D eigenvalue weighted by Crippen LogP contribution is 2.15. The van der Waals surface area contributed by atoms with Gasteiger partial charge in [-0.25, -0.2) is 4.79 Å². The van der Waals surface area contributed by atoms with Gasteiger partial charge in [0.2, 0.25) is 0 Å². The van der Waals surface area contributed by atoms with Gasteiger partial charge in [-0.3, -0.25) is 0 Å². The average molecular weight is 350 g/mol. The molecule has 2 N–H and O–H groups in total. The second kappa shape index (κ2) is 14.6. The summed E-state index contributed by atoms with van der Waals surface area (Å²) < 4.78 is 10.1. The maximum atomic E-state index is 11.5. The van der Waals surface area contributed by atoms with Gasteiger partial charge in [-0.1, -0.05) is 83.6 Å². The summed E-state index contributed by atoms with van der Waals surface area (Å²) in [5, 5.41) is 0. The first kappa shape index (κ1) is 21.3. The maximum Gasteiger partial charge on any atom is 0.513 e. The molecule has 0 saturated heterocycles. The first-order chi connectivity index (χ1) is 12.2. The van der Waals surface area contributed by atoms with Crippen LogP contribution in [-0.2, 0) is 4.74 Å². The van der Waals surface area contributed by atoms with Crippen molar-refractivity contribution in [2.75, 3.05) is 12.3 Å². The molecule has 142 valence electrons. The Morgan fingerprint density at radius 3 is 2.00 bits per heavy atom. The molecule has 4 heteroatoms. The lowest BCUT2D eigenvalue weighted by atomic mass is 10.1. The molecule has 0 unspecified atom stereocenters. The van der Waals surface area contributed by atoms with E-state index in [2.05, 4.69) is 6.92 Å². The number of ether oxygens (including phenoxy) is 2. The standard InChI is InChI=1S/C21H35NO3/c1-2-3-4-5-6-7-8-9-10-11-12-13-17-24-21(23)25-20-16-14-15-19(22)18-20/h14-16,18H,2-13,17,22H2,1H3. The van der Waals surface area contributed by atoms with E-state index in [1.807, 2.05) is 0 Å². The molecule has 0 bridgehead atoms. The summed E-state index contributed by atoms with van der Waals surface area (Å²) in [4.78, 5) is 11.5. The third-order valence-electron chi connectivity index (χ3n) is 4.28. The van der Waals surface area contributed by atoms with Crippen LogP contribution in [-0.4, -0.2) is 12.8 Å². The van der Waals surface area contributed by atoms with Gasteiger partial charge in [0.1, 0.15) is 5.75 Å². The van der Waals surface area contributed by atoms with Crippen LogP contribution in [0.15, 0.2) is 24.3 Å². The molecule has 0 aromatic heterocycles. The van der Waals surface area contributed by atoms with Gasteiger partial charge < -0.3 is 15.2 Å². The minimum absolute atomic E-state index is 0.415. The van der Waals surface area contributed by atoms with Gasteiger partial charge in [-0.2, -0.15) is 0 Å². The Balaban J connectivity index is 1.86. The highest BCUT2D eigenvalue weighted by atomic mass is 16.7. The summed E-state index contributed by atoms with van der Waals surface area (Å²) in [6.45, 7) is 2.67. The predicted molar refractivity (Wildman–Crippen MR) is 104 cm³/mol. The molecule has 0 heterocycles. The number of hydrogen-bond donors (Lipinski definition) is 1. The van der Waals surface area contributed by atoms with Crippen LogP contribution in [0.3, 0.4) is 0 Å². The van der Waals surface area contributed by atoms with Gasteiger partial charge in [0.05, 0.1) is 6.61 Å². The lowest BCUT2D eigenvalue weighted by molar-refractivity contribution is 0.0973. The number of unbranched alkanes of at least 4 members (excludes halogenated alkanes) is 11. The molecule has 0 aliphatic carbocycles. The lowest BCUT2D eigenvalue weighted by Crippen LogP contribution is -2.11. The zero-order valence-electron chi connectivity index (χ0n) is 15.8. The van der Waals surface area contributed by atoms with Crippen molar-refractivity contribution in [3.8, 4) is 5.75 Å².